The van der Waals surface area contributed by atoms with Crippen LogP contribution < -0.4 is 5.73 Å². The van der Waals surface area contributed by atoms with Crippen molar-refractivity contribution in [2.24, 2.45) is 11.1 Å². The molecule has 2 N–H and O–H groups in total. The fourth-order valence-corrected chi connectivity index (χ4v) is 9.66. The van der Waals surface area contributed by atoms with E-state index in [0.717, 1.165) is 38.1 Å². The van der Waals surface area contributed by atoms with Gasteiger partial charge in [-0.25, -0.2) is 0 Å². The zero-order valence-electron chi connectivity index (χ0n) is 16.5. The van der Waals surface area contributed by atoms with Gasteiger partial charge in [-0.05, 0) is 37.8 Å². The Balaban J connectivity index is 2.64. The van der Waals surface area contributed by atoms with Crippen molar-refractivity contribution in [1.82, 2.24) is 0 Å². The molecule has 0 radical (unpaired) electrons. The second-order valence-corrected chi connectivity index (χ2v) is 11.0. The molecule has 0 bridgehead atoms. The van der Waals surface area contributed by atoms with Crippen molar-refractivity contribution < 1.29 is 13.6 Å². The summed E-state index contributed by atoms with van der Waals surface area (Å²) in [5, 5.41) is -0.458. The minimum absolute atomic E-state index is 0.0170. The average Bonchev–Trinajstić information content (AvgIpc) is 2.63. The summed E-state index contributed by atoms with van der Waals surface area (Å²) in [7, 11) is 2.82. The lowest BCUT2D eigenvalue weighted by atomic mass is 9.66. The molecule has 3 unspecified atom stereocenters. The van der Waals surface area contributed by atoms with Gasteiger partial charge in [0.1, 0.15) is 5.22 Å². The molecule has 0 spiro atoms. The van der Waals surface area contributed by atoms with Gasteiger partial charge in [-0.15, -0.1) is 0 Å². The fraction of sp³-hybridized carbons (Fsp3) is 0.700. The molecule has 0 saturated carbocycles. The number of hydrogen-bond donors (Lipinski definition) is 1. The summed E-state index contributed by atoms with van der Waals surface area (Å²) in [6.07, 6.45) is 4.91. The number of ether oxygens (including phenoxy) is 1. The Labute approximate surface area is 154 Å². The maximum absolute atomic E-state index is 6.69. The monoisotopic (exact) mass is 365 g/mol. The molecule has 142 valence electrons. The highest BCUT2D eigenvalue weighted by atomic mass is 28.4. The first-order valence-corrected chi connectivity index (χ1v) is 11.4. The molecule has 1 heterocycles. The van der Waals surface area contributed by atoms with Crippen LogP contribution in [0.1, 0.15) is 45.1 Å². The van der Waals surface area contributed by atoms with Crippen LogP contribution in [-0.2, 0) is 20.0 Å². The van der Waals surface area contributed by atoms with Crippen LogP contribution in [0.3, 0.4) is 0 Å². The summed E-state index contributed by atoms with van der Waals surface area (Å²) in [6, 6.07) is 11.6. The summed E-state index contributed by atoms with van der Waals surface area (Å²) in [4.78, 5) is 0. The highest BCUT2D eigenvalue weighted by Gasteiger charge is 2.70. The second kappa shape index (κ2) is 8.31. The molecule has 1 aliphatic heterocycles. The molecule has 5 heteroatoms. The molecular weight excluding hydrogens is 330 g/mol. The van der Waals surface area contributed by atoms with Crippen LogP contribution in [0, 0.1) is 5.41 Å². The van der Waals surface area contributed by atoms with Gasteiger partial charge in [-0.3, -0.25) is 0 Å². The molecule has 1 aliphatic rings. The molecule has 0 aliphatic carbocycles. The van der Waals surface area contributed by atoms with E-state index in [9.17, 15) is 0 Å². The van der Waals surface area contributed by atoms with Crippen LogP contribution in [0.4, 0.5) is 0 Å². The van der Waals surface area contributed by atoms with E-state index in [4.69, 9.17) is 19.3 Å². The van der Waals surface area contributed by atoms with Crippen LogP contribution in [-0.4, -0.2) is 41.2 Å². The highest BCUT2D eigenvalue weighted by Crippen LogP contribution is 2.56. The lowest BCUT2D eigenvalue weighted by Gasteiger charge is -2.61. The predicted molar refractivity (Wildman–Crippen MR) is 105 cm³/mol. The van der Waals surface area contributed by atoms with Crippen molar-refractivity contribution in [3.63, 3.8) is 0 Å². The summed E-state index contributed by atoms with van der Waals surface area (Å²) >= 11 is 0. The van der Waals surface area contributed by atoms with Gasteiger partial charge in [0, 0.05) is 32.8 Å². The molecule has 25 heavy (non-hydrogen) atoms. The van der Waals surface area contributed by atoms with Crippen molar-refractivity contribution in [3.05, 3.63) is 35.9 Å². The lowest BCUT2D eigenvalue weighted by Crippen LogP contribution is -2.76. The number of benzene rings is 1. The van der Waals surface area contributed by atoms with E-state index in [1.807, 2.05) is 7.11 Å². The summed E-state index contributed by atoms with van der Waals surface area (Å²) in [6.45, 7) is 4.33. The van der Waals surface area contributed by atoms with Crippen LogP contribution >= 0.6 is 0 Å². The normalized spacial score (nSPS) is 30.2. The summed E-state index contributed by atoms with van der Waals surface area (Å²) in [5.74, 6) is 0. The molecule has 0 amide bonds. The maximum Gasteiger partial charge on any atom is 0.371 e. The second-order valence-electron chi connectivity index (χ2n) is 7.40. The Bertz CT molecular complexity index is 535. The van der Waals surface area contributed by atoms with Crippen molar-refractivity contribution in [1.29, 1.82) is 0 Å². The van der Waals surface area contributed by atoms with E-state index in [2.05, 4.69) is 44.2 Å². The van der Waals surface area contributed by atoms with Crippen LogP contribution in [0.2, 0.25) is 6.04 Å². The van der Waals surface area contributed by atoms with E-state index in [1.54, 1.807) is 14.2 Å². The third kappa shape index (κ3) is 3.21. The van der Waals surface area contributed by atoms with Gasteiger partial charge in [0.2, 0.25) is 0 Å². The van der Waals surface area contributed by atoms with Crippen molar-refractivity contribution in [3.8, 4) is 0 Å². The number of hydrogen-bond acceptors (Lipinski definition) is 4. The molecular formula is C20H35NO3Si. The van der Waals surface area contributed by atoms with Gasteiger partial charge in [0.15, 0.2) is 0 Å². The van der Waals surface area contributed by atoms with Gasteiger partial charge in [0.05, 0.1) is 0 Å². The summed E-state index contributed by atoms with van der Waals surface area (Å²) in [5.41, 5.74) is 7.79. The van der Waals surface area contributed by atoms with Gasteiger partial charge in [0.25, 0.3) is 0 Å². The summed E-state index contributed by atoms with van der Waals surface area (Å²) < 4.78 is 18.7. The first-order valence-electron chi connectivity index (χ1n) is 9.42. The van der Waals surface area contributed by atoms with E-state index < -0.39 is 13.8 Å². The van der Waals surface area contributed by atoms with Crippen LogP contribution in [0.25, 0.3) is 0 Å². The first-order chi connectivity index (χ1) is 12.0. The first kappa shape index (κ1) is 20.6. The van der Waals surface area contributed by atoms with Gasteiger partial charge >= 0.3 is 8.56 Å². The third-order valence-corrected chi connectivity index (χ3v) is 10.9. The molecule has 4 nitrogen and oxygen atoms in total. The van der Waals surface area contributed by atoms with E-state index >= 15 is 0 Å². The minimum atomic E-state index is -2.59. The Morgan fingerprint density at radius 3 is 2.28 bits per heavy atom. The lowest BCUT2D eigenvalue weighted by molar-refractivity contribution is -0.117. The molecule has 0 aromatic heterocycles. The SMILES string of the molecule is CCCC1(OC)C(Cc2ccccc2)(C(C)N)CCC[Si]1(OC)OC. The van der Waals surface area contributed by atoms with Crippen molar-refractivity contribution in [2.45, 2.75) is 63.3 Å². The van der Waals surface area contributed by atoms with E-state index in [0.29, 0.717) is 0 Å². The standard InChI is InChI=1S/C20H35NO3Si/c1-6-13-20(22-3)19(17(2)21,16-18-11-8-7-9-12-18)14-10-15-25(20,23-4)24-5/h7-9,11-12,17H,6,10,13-16,21H2,1-5H3. The number of methoxy groups -OCH3 is 1. The van der Waals surface area contributed by atoms with E-state index in [1.165, 1.54) is 5.56 Å². The zero-order valence-corrected chi connectivity index (χ0v) is 17.5. The highest BCUT2D eigenvalue weighted by molar-refractivity contribution is 6.71. The van der Waals surface area contributed by atoms with Gasteiger partial charge in [-0.2, -0.15) is 0 Å². The Hall–Kier alpha value is -0.723. The smallest absolute Gasteiger partial charge is 0.371 e. The van der Waals surface area contributed by atoms with Gasteiger partial charge in [-0.1, -0.05) is 50.1 Å². The van der Waals surface area contributed by atoms with Crippen molar-refractivity contribution in [2.75, 3.05) is 21.3 Å². The molecule has 1 saturated heterocycles. The average molecular weight is 366 g/mol. The quantitative estimate of drug-likeness (QED) is 0.712. The molecule has 1 aromatic rings. The molecule has 2 rings (SSSR count). The van der Waals surface area contributed by atoms with Crippen LogP contribution in [0.5, 0.6) is 0 Å². The number of nitrogens with two attached hydrogens (primary N) is 1. The van der Waals surface area contributed by atoms with E-state index in [-0.39, 0.29) is 11.5 Å². The fourth-order valence-electron chi connectivity index (χ4n) is 5.24. The number of rotatable bonds is 8. The predicted octanol–water partition coefficient (Wildman–Crippen LogP) is 3.82. The molecule has 1 fully saturated rings. The Kier molecular flexibility index (Phi) is 6.85. The van der Waals surface area contributed by atoms with Crippen molar-refractivity contribution >= 4 is 8.56 Å². The Morgan fingerprint density at radius 2 is 1.80 bits per heavy atom. The third-order valence-electron chi connectivity index (χ3n) is 6.39. The Morgan fingerprint density at radius 1 is 1.16 bits per heavy atom. The zero-order chi connectivity index (χ0) is 18.6. The largest absolute Gasteiger partial charge is 0.396 e. The molecule has 1 aromatic carbocycles. The van der Waals surface area contributed by atoms with Crippen LogP contribution in [0.15, 0.2) is 30.3 Å². The minimum Gasteiger partial charge on any atom is -0.396 e. The molecule has 3 atom stereocenters. The van der Waals surface area contributed by atoms with Gasteiger partial charge < -0.3 is 19.3 Å². The maximum atomic E-state index is 6.69. The topological polar surface area (TPSA) is 53.7 Å².